The van der Waals surface area contributed by atoms with E-state index in [-0.39, 0.29) is 5.91 Å². The van der Waals surface area contributed by atoms with E-state index in [0.717, 1.165) is 44.1 Å². The topological polar surface area (TPSA) is 102 Å². The number of anilines is 1. The number of carbonyl (C=O) groups is 1. The highest BCUT2D eigenvalue weighted by molar-refractivity contribution is 6.16. The van der Waals surface area contributed by atoms with E-state index in [2.05, 4.69) is 31.5 Å². The molecule has 0 saturated heterocycles. The van der Waals surface area contributed by atoms with Gasteiger partial charge in [-0.15, -0.1) is 0 Å². The third-order valence-corrected chi connectivity index (χ3v) is 4.36. The highest BCUT2D eigenvalue weighted by atomic mass is 16.1. The summed E-state index contributed by atoms with van der Waals surface area (Å²) in [6, 6.07) is 9.82. The summed E-state index contributed by atoms with van der Waals surface area (Å²) in [7, 11) is 0. The Morgan fingerprint density at radius 1 is 1.15 bits per heavy atom. The van der Waals surface area contributed by atoms with Crippen molar-refractivity contribution in [2.75, 3.05) is 5.32 Å². The number of benzene rings is 2. The zero-order chi connectivity index (χ0) is 17.5. The summed E-state index contributed by atoms with van der Waals surface area (Å²) < 4.78 is 0. The molecule has 1 amide bonds. The van der Waals surface area contributed by atoms with E-state index >= 15 is 0 Å². The van der Waals surface area contributed by atoms with Crippen LogP contribution in [-0.2, 0) is 4.79 Å². The van der Waals surface area contributed by atoms with Crippen LogP contribution in [0, 0.1) is 0 Å². The molecule has 0 aliphatic carbocycles. The Balaban J connectivity index is 1.50. The Labute approximate surface area is 147 Å². The molecular weight excluding hydrogens is 328 g/mol. The lowest BCUT2D eigenvalue weighted by Gasteiger charge is -2.02. The minimum absolute atomic E-state index is 0.205. The molecule has 126 valence electrons. The number of aromatic nitrogens is 5. The van der Waals surface area contributed by atoms with E-state index in [1.165, 1.54) is 6.08 Å². The molecule has 0 fully saturated rings. The van der Waals surface area contributed by atoms with Gasteiger partial charge in [0.05, 0.1) is 34.8 Å². The van der Waals surface area contributed by atoms with E-state index in [1.807, 2.05) is 30.5 Å². The minimum atomic E-state index is -0.205. The Morgan fingerprint density at radius 2 is 2.12 bits per heavy atom. The van der Waals surface area contributed by atoms with Crippen LogP contribution in [0.1, 0.15) is 5.69 Å². The number of aromatic amines is 3. The van der Waals surface area contributed by atoms with Crippen molar-refractivity contribution in [1.29, 1.82) is 0 Å². The molecule has 0 radical (unpaired) electrons. The number of rotatable bonds is 3. The molecule has 3 aromatic heterocycles. The van der Waals surface area contributed by atoms with Crippen LogP contribution in [0.4, 0.5) is 5.69 Å². The molecule has 3 heterocycles. The Kier molecular flexibility index (Phi) is 3.11. The van der Waals surface area contributed by atoms with Gasteiger partial charge in [0.25, 0.3) is 0 Å². The number of fused-ring (bicyclic) bond motifs is 5. The highest BCUT2D eigenvalue weighted by Gasteiger charge is 2.11. The number of hydrogen-bond donors (Lipinski definition) is 4. The van der Waals surface area contributed by atoms with E-state index in [4.69, 9.17) is 4.98 Å². The number of H-pyrrole nitrogens is 3. The standard InChI is InChI=1S/C19H14N6O/c26-17(6-3-13-9-20-10-21-13)23-12-2-5-16-15(7-12)14-4-1-11-8-22-25-18(11)19(14)24-16/h1-10,22,25H,(H,20,21)(H,23,26)/b6-3+. The van der Waals surface area contributed by atoms with Crippen molar-refractivity contribution in [3.05, 3.63) is 60.8 Å². The predicted molar refractivity (Wildman–Crippen MR) is 102 cm³/mol. The maximum Gasteiger partial charge on any atom is 0.248 e. The molecule has 0 saturated carbocycles. The fourth-order valence-corrected chi connectivity index (χ4v) is 3.13. The number of amides is 1. The van der Waals surface area contributed by atoms with E-state index in [0.29, 0.717) is 0 Å². The molecule has 7 nitrogen and oxygen atoms in total. The van der Waals surface area contributed by atoms with Crippen molar-refractivity contribution in [3.8, 4) is 0 Å². The first kappa shape index (κ1) is 14.5. The van der Waals surface area contributed by atoms with Gasteiger partial charge in [0.1, 0.15) is 0 Å². The fraction of sp³-hybridized carbons (Fsp3) is 0. The van der Waals surface area contributed by atoms with Crippen molar-refractivity contribution in [1.82, 2.24) is 25.1 Å². The maximum atomic E-state index is 12.1. The number of nitrogens with zero attached hydrogens (tertiary/aromatic N) is 2. The molecule has 26 heavy (non-hydrogen) atoms. The predicted octanol–water partition coefficient (Wildman–Crippen LogP) is 3.57. The van der Waals surface area contributed by atoms with Gasteiger partial charge in [-0.2, -0.15) is 0 Å². The van der Waals surface area contributed by atoms with Gasteiger partial charge in [0, 0.05) is 34.1 Å². The van der Waals surface area contributed by atoms with Crippen molar-refractivity contribution >= 4 is 50.4 Å². The molecule has 7 heteroatoms. The van der Waals surface area contributed by atoms with Crippen LogP contribution >= 0.6 is 0 Å². The summed E-state index contributed by atoms with van der Waals surface area (Å²) in [5.74, 6) is -0.205. The smallest absolute Gasteiger partial charge is 0.248 e. The molecule has 4 N–H and O–H groups in total. The summed E-state index contributed by atoms with van der Waals surface area (Å²) in [5.41, 5.74) is 4.29. The zero-order valence-corrected chi connectivity index (χ0v) is 13.6. The first-order valence-electron chi connectivity index (χ1n) is 8.13. The zero-order valence-electron chi connectivity index (χ0n) is 13.6. The van der Waals surface area contributed by atoms with Gasteiger partial charge < -0.3 is 15.4 Å². The van der Waals surface area contributed by atoms with Crippen LogP contribution in [0.25, 0.3) is 38.8 Å². The Hall–Kier alpha value is -3.87. The Morgan fingerprint density at radius 3 is 3.00 bits per heavy atom. The summed E-state index contributed by atoms with van der Waals surface area (Å²) in [6.07, 6.45) is 8.27. The monoisotopic (exact) mass is 342 g/mol. The fourth-order valence-electron chi connectivity index (χ4n) is 3.13. The molecule has 2 aromatic carbocycles. The quantitative estimate of drug-likeness (QED) is 0.377. The molecule has 5 rings (SSSR count). The van der Waals surface area contributed by atoms with Crippen molar-refractivity contribution in [2.24, 2.45) is 0 Å². The van der Waals surface area contributed by atoms with Gasteiger partial charge >= 0.3 is 0 Å². The maximum absolute atomic E-state index is 12.1. The molecule has 0 aliphatic rings. The second-order valence-electron chi connectivity index (χ2n) is 6.01. The van der Waals surface area contributed by atoms with Gasteiger partial charge in [0.15, 0.2) is 0 Å². The van der Waals surface area contributed by atoms with E-state index in [9.17, 15) is 4.79 Å². The molecule has 0 aliphatic heterocycles. The summed E-state index contributed by atoms with van der Waals surface area (Å²) in [5, 5.41) is 12.1. The van der Waals surface area contributed by atoms with E-state index < -0.39 is 0 Å². The van der Waals surface area contributed by atoms with Crippen molar-refractivity contribution in [3.63, 3.8) is 0 Å². The van der Waals surface area contributed by atoms with Gasteiger partial charge in [-0.25, -0.2) is 9.97 Å². The lowest BCUT2D eigenvalue weighted by molar-refractivity contribution is -0.111. The lowest BCUT2D eigenvalue weighted by atomic mass is 10.1. The molecular formula is C19H14N6O. The molecule has 0 spiro atoms. The van der Waals surface area contributed by atoms with Crippen molar-refractivity contribution < 1.29 is 4.79 Å². The average Bonchev–Trinajstić information content (AvgIpc) is 3.38. The average molecular weight is 342 g/mol. The summed E-state index contributed by atoms with van der Waals surface area (Å²) in [4.78, 5) is 23.7. The summed E-state index contributed by atoms with van der Waals surface area (Å²) in [6.45, 7) is 0. The van der Waals surface area contributed by atoms with Crippen LogP contribution < -0.4 is 5.32 Å². The number of hydrogen-bond acceptors (Lipinski definition) is 3. The highest BCUT2D eigenvalue weighted by Crippen LogP contribution is 2.31. The molecule has 5 aromatic rings. The number of nitrogens with one attached hydrogen (secondary N) is 4. The third kappa shape index (κ3) is 2.34. The second-order valence-corrected chi connectivity index (χ2v) is 6.01. The van der Waals surface area contributed by atoms with Crippen molar-refractivity contribution in [2.45, 2.75) is 0 Å². The first-order chi connectivity index (χ1) is 12.8. The van der Waals surface area contributed by atoms with Crippen LogP contribution in [0.15, 0.2) is 55.1 Å². The first-order valence-corrected chi connectivity index (χ1v) is 8.13. The minimum Gasteiger partial charge on any atom is -0.345 e. The van der Waals surface area contributed by atoms with Crippen LogP contribution in [-0.4, -0.2) is 31.1 Å². The van der Waals surface area contributed by atoms with E-state index in [1.54, 1.807) is 18.6 Å². The summed E-state index contributed by atoms with van der Waals surface area (Å²) >= 11 is 0. The normalized spacial score (nSPS) is 11.8. The molecule has 0 atom stereocenters. The third-order valence-electron chi connectivity index (χ3n) is 4.36. The van der Waals surface area contributed by atoms with Crippen LogP contribution in [0.3, 0.4) is 0 Å². The SMILES string of the molecule is O=C(/C=C/c1cnc[nH]1)Nc1ccc2nc3c(ccc4c[nH][nH]c43)c2c1. The largest absolute Gasteiger partial charge is 0.345 e. The molecule has 0 unspecified atom stereocenters. The Bertz CT molecular complexity index is 1280. The number of imidazole rings is 1. The van der Waals surface area contributed by atoms with Gasteiger partial charge in [-0.3, -0.25) is 9.89 Å². The van der Waals surface area contributed by atoms with Gasteiger partial charge in [-0.05, 0) is 24.3 Å². The van der Waals surface area contributed by atoms with Gasteiger partial charge in [0.2, 0.25) is 5.91 Å². The van der Waals surface area contributed by atoms with Crippen LogP contribution in [0.2, 0.25) is 0 Å². The molecule has 0 bridgehead atoms. The number of carbonyl (C=O) groups excluding carboxylic acids is 1. The van der Waals surface area contributed by atoms with Gasteiger partial charge in [-0.1, -0.05) is 12.1 Å². The lowest BCUT2D eigenvalue weighted by Crippen LogP contribution is -2.07. The second kappa shape index (κ2) is 5.59. The van der Waals surface area contributed by atoms with Crippen LogP contribution in [0.5, 0.6) is 0 Å².